The number of aliphatic hydroxyl groups excluding tert-OH is 3. The molecule has 0 aliphatic heterocycles. The quantitative estimate of drug-likeness (QED) is 0.491. The second kappa shape index (κ2) is 9.51. The number of aliphatic hydroxyl groups is 4. The minimum atomic E-state index is -0.834. The molecule has 3 aliphatic rings. The lowest BCUT2D eigenvalue weighted by Crippen LogP contribution is -2.37. The van der Waals surface area contributed by atoms with Crippen LogP contribution in [0.3, 0.4) is 0 Å². The molecule has 7 atom stereocenters. The van der Waals surface area contributed by atoms with E-state index in [2.05, 4.69) is 32.6 Å². The van der Waals surface area contributed by atoms with Crippen molar-refractivity contribution in [2.45, 2.75) is 109 Å². The van der Waals surface area contributed by atoms with Crippen molar-refractivity contribution >= 4 is 0 Å². The molecule has 0 bridgehead atoms. The van der Waals surface area contributed by atoms with E-state index in [1.807, 2.05) is 0 Å². The van der Waals surface area contributed by atoms with Crippen molar-refractivity contribution in [3.05, 3.63) is 35.5 Å². The first-order valence-electron chi connectivity index (χ1n) is 12.3. The predicted molar refractivity (Wildman–Crippen MR) is 125 cm³/mol. The summed E-state index contributed by atoms with van der Waals surface area (Å²) in [5, 5.41) is 40.7. The largest absolute Gasteiger partial charge is 0.393 e. The highest BCUT2D eigenvalue weighted by Gasteiger charge is 2.50. The molecule has 3 saturated carbocycles. The number of allylic oxidation sites excluding steroid dienone is 3. The lowest BCUT2D eigenvalue weighted by atomic mass is 9.60. The topological polar surface area (TPSA) is 80.9 Å². The lowest BCUT2D eigenvalue weighted by Gasteiger charge is -2.44. The van der Waals surface area contributed by atoms with E-state index >= 15 is 0 Å². The minimum absolute atomic E-state index is 0.249. The zero-order valence-electron chi connectivity index (χ0n) is 20.0. The molecular weight excluding hydrogens is 388 g/mol. The van der Waals surface area contributed by atoms with Crippen LogP contribution >= 0.6 is 0 Å². The summed E-state index contributed by atoms with van der Waals surface area (Å²) in [6.07, 6.45) is 10.8. The molecule has 0 amide bonds. The first-order chi connectivity index (χ1) is 14.4. The van der Waals surface area contributed by atoms with Crippen molar-refractivity contribution in [3.8, 4) is 0 Å². The summed E-state index contributed by atoms with van der Waals surface area (Å²) in [6, 6.07) is 0. The molecule has 3 fully saturated rings. The first kappa shape index (κ1) is 24.7. The van der Waals surface area contributed by atoms with E-state index in [1.54, 1.807) is 13.8 Å². The number of hydrogen-bond acceptors (Lipinski definition) is 4. The SMILES string of the molecule is C=C1/C(=C\C=C2/CCC[C@]3(C)[C@@H]([C@H](C)CC(O)CC(C)(C)O)CC[C@@H]23)C[C@@H](O)CC1O. The van der Waals surface area contributed by atoms with Crippen LogP contribution < -0.4 is 0 Å². The monoisotopic (exact) mass is 432 g/mol. The van der Waals surface area contributed by atoms with Gasteiger partial charge >= 0.3 is 0 Å². The van der Waals surface area contributed by atoms with Crippen molar-refractivity contribution in [2.24, 2.45) is 23.2 Å². The second-order valence-corrected chi connectivity index (χ2v) is 11.5. The highest BCUT2D eigenvalue weighted by Crippen LogP contribution is 2.60. The van der Waals surface area contributed by atoms with Crippen LogP contribution in [0.5, 0.6) is 0 Å². The smallest absolute Gasteiger partial charge is 0.0811 e. The van der Waals surface area contributed by atoms with Crippen LogP contribution in [0.25, 0.3) is 0 Å². The van der Waals surface area contributed by atoms with Crippen molar-refractivity contribution in [1.29, 1.82) is 0 Å². The van der Waals surface area contributed by atoms with Gasteiger partial charge in [-0.1, -0.05) is 38.2 Å². The third kappa shape index (κ3) is 5.71. The van der Waals surface area contributed by atoms with Crippen LogP contribution in [0, 0.1) is 23.2 Å². The van der Waals surface area contributed by atoms with Gasteiger partial charge in [-0.3, -0.25) is 0 Å². The molecule has 4 heteroatoms. The summed E-state index contributed by atoms with van der Waals surface area (Å²) in [5.41, 5.74) is 2.64. The van der Waals surface area contributed by atoms with Gasteiger partial charge in [-0.15, -0.1) is 0 Å². The highest BCUT2D eigenvalue weighted by molar-refractivity contribution is 5.38. The molecule has 3 aliphatic carbocycles. The summed E-state index contributed by atoms with van der Waals surface area (Å²) in [4.78, 5) is 0. The second-order valence-electron chi connectivity index (χ2n) is 11.5. The van der Waals surface area contributed by atoms with Gasteiger partial charge < -0.3 is 20.4 Å². The average molecular weight is 433 g/mol. The van der Waals surface area contributed by atoms with Gasteiger partial charge in [0.2, 0.25) is 0 Å². The summed E-state index contributed by atoms with van der Waals surface area (Å²) in [6.45, 7) is 12.3. The lowest BCUT2D eigenvalue weighted by molar-refractivity contribution is 0.000127. The molecule has 0 heterocycles. The van der Waals surface area contributed by atoms with E-state index < -0.39 is 23.9 Å². The maximum Gasteiger partial charge on any atom is 0.0811 e. The van der Waals surface area contributed by atoms with Gasteiger partial charge in [0.25, 0.3) is 0 Å². The van der Waals surface area contributed by atoms with Crippen molar-refractivity contribution in [1.82, 2.24) is 0 Å². The Bertz CT molecular complexity index is 715. The summed E-state index contributed by atoms with van der Waals surface area (Å²) >= 11 is 0. The van der Waals surface area contributed by atoms with Gasteiger partial charge in [0.05, 0.1) is 23.9 Å². The van der Waals surface area contributed by atoms with Crippen LogP contribution in [0.2, 0.25) is 0 Å². The van der Waals surface area contributed by atoms with Crippen molar-refractivity contribution in [2.75, 3.05) is 0 Å². The highest BCUT2D eigenvalue weighted by atomic mass is 16.3. The Balaban J connectivity index is 1.72. The van der Waals surface area contributed by atoms with Crippen LogP contribution in [-0.2, 0) is 0 Å². The fourth-order valence-electron chi connectivity index (χ4n) is 6.93. The number of fused-ring (bicyclic) bond motifs is 1. The summed E-state index contributed by atoms with van der Waals surface area (Å²) < 4.78 is 0. The Morgan fingerprint density at radius 2 is 1.94 bits per heavy atom. The molecule has 0 radical (unpaired) electrons. The van der Waals surface area contributed by atoms with Crippen molar-refractivity contribution in [3.63, 3.8) is 0 Å². The molecule has 0 spiro atoms. The fraction of sp³-hybridized carbons (Fsp3) is 0.778. The standard InChI is InChI=1S/C27H44O4/c1-17(13-22(29)16-26(3,4)31)23-10-11-24-19(7-6-12-27(23,24)5)8-9-20-14-21(28)15-25(30)18(20)2/h8-9,17,21-25,28-31H,2,6-7,10-16H2,1,3-5H3/b19-8+,20-9-/t17-,21-,22?,23-,24+,25?,27-/m1/s1. The molecule has 0 aromatic rings. The molecule has 4 N–H and O–H groups in total. The van der Waals surface area contributed by atoms with Crippen molar-refractivity contribution < 1.29 is 20.4 Å². The van der Waals surface area contributed by atoms with Crippen LogP contribution in [0.4, 0.5) is 0 Å². The van der Waals surface area contributed by atoms with E-state index in [0.29, 0.717) is 37.0 Å². The van der Waals surface area contributed by atoms with Gasteiger partial charge in [-0.2, -0.15) is 0 Å². The number of rotatable bonds is 6. The maximum absolute atomic E-state index is 10.5. The van der Waals surface area contributed by atoms with Gasteiger partial charge in [0, 0.05) is 12.8 Å². The van der Waals surface area contributed by atoms with E-state index in [9.17, 15) is 20.4 Å². The zero-order chi connectivity index (χ0) is 23.0. The first-order valence-corrected chi connectivity index (χ1v) is 12.3. The Morgan fingerprint density at radius 1 is 1.23 bits per heavy atom. The van der Waals surface area contributed by atoms with Crippen LogP contribution in [-0.4, -0.2) is 44.3 Å². The third-order valence-corrected chi connectivity index (χ3v) is 8.37. The maximum atomic E-state index is 10.5. The fourth-order valence-corrected chi connectivity index (χ4v) is 6.93. The van der Waals surface area contributed by atoms with Crippen LogP contribution in [0.1, 0.15) is 85.5 Å². The third-order valence-electron chi connectivity index (χ3n) is 8.37. The molecule has 0 aromatic carbocycles. The Labute approximate surface area is 188 Å². The molecule has 176 valence electrons. The van der Waals surface area contributed by atoms with Crippen LogP contribution in [0.15, 0.2) is 35.5 Å². The van der Waals surface area contributed by atoms with E-state index in [4.69, 9.17) is 0 Å². The minimum Gasteiger partial charge on any atom is -0.393 e. The molecule has 4 nitrogen and oxygen atoms in total. The Kier molecular flexibility index (Phi) is 7.57. The zero-order valence-corrected chi connectivity index (χ0v) is 20.0. The normalized spacial score (nSPS) is 39.0. The molecule has 2 unspecified atom stereocenters. The van der Waals surface area contributed by atoms with Gasteiger partial charge in [-0.05, 0) is 93.1 Å². The van der Waals surface area contributed by atoms with E-state index in [-0.39, 0.29) is 5.41 Å². The summed E-state index contributed by atoms with van der Waals surface area (Å²) in [5.74, 6) is 1.57. The Hall–Kier alpha value is -0.940. The molecule has 31 heavy (non-hydrogen) atoms. The van der Waals surface area contributed by atoms with Gasteiger partial charge in [0.1, 0.15) is 0 Å². The Morgan fingerprint density at radius 3 is 2.61 bits per heavy atom. The average Bonchev–Trinajstić information content (AvgIpc) is 2.99. The molecular formula is C27H44O4. The van der Waals surface area contributed by atoms with E-state index in [0.717, 1.165) is 24.0 Å². The number of hydrogen-bond donors (Lipinski definition) is 4. The van der Waals surface area contributed by atoms with Gasteiger partial charge in [0.15, 0.2) is 0 Å². The van der Waals surface area contributed by atoms with E-state index in [1.165, 1.54) is 31.3 Å². The van der Waals surface area contributed by atoms with Gasteiger partial charge in [-0.25, -0.2) is 0 Å². The molecule has 3 rings (SSSR count). The molecule has 0 aromatic heterocycles. The summed E-state index contributed by atoms with van der Waals surface area (Å²) in [7, 11) is 0. The molecule has 0 saturated heterocycles. The predicted octanol–water partition coefficient (Wildman–Crippen LogP) is 4.68.